The van der Waals surface area contributed by atoms with Gasteiger partial charge in [0.05, 0.1) is 6.61 Å². The Morgan fingerprint density at radius 3 is 2.70 bits per heavy atom. The maximum atomic E-state index is 6.34. The van der Waals surface area contributed by atoms with Crippen molar-refractivity contribution in [1.29, 1.82) is 0 Å². The maximum absolute atomic E-state index is 6.34. The third kappa shape index (κ3) is 4.35. The first-order valence-corrected chi connectivity index (χ1v) is 13.2. The summed E-state index contributed by atoms with van der Waals surface area (Å²) in [6.07, 6.45) is 8.96. The number of aryl methyl sites for hydroxylation is 2. The van der Waals surface area contributed by atoms with E-state index in [0.29, 0.717) is 18.1 Å². The Kier molecular flexibility index (Phi) is 6.81. The molecule has 3 aliphatic rings. The molecule has 0 aliphatic heterocycles. The largest absolute Gasteiger partial charge is 0.489 e. The smallest absolute Gasteiger partial charge is 0.123 e. The molecule has 2 aromatic carbocycles. The van der Waals surface area contributed by atoms with Gasteiger partial charge in [-0.05, 0) is 96.4 Å². The first kappa shape index (κ1) is 22.9. The first-order chi connectivity index (χ1) is 16.1. The van der Waals surface area contributed by atoms with Gasteiger partial charge in [-0.25, -0.2) is 0 Å². The van der Waals surface area contributed by atoms with Crippen molar-refractivity contribution in [2.45, 2.75) is 77.4 Å². The summed E-state index contributed by atoms with van der Waals surface area (Å²) in [6.45, 7) is 7.29. The summed E-state index contributed by atoms with van der Waals surface area (Å²) in [5, 5.41) is 3.85. The zero-order valence-corrected chi connectivity index (χ0v) is 20.7. The third-order valence-corrected chi connectivity index (χ3v) is 9.22. The van der Waals surface area contributed by atoms with Crippen LogP contribution in [0.25, 0.3) is 0 Å². The predicted molar refractivity (Wildman–Crippen MR) is 135 cm³/mol. The van der Waals surface area contributed by atoms with Crippen molar-refractivity contribution in [2.24, 2.45) is 17.3 Å². The lowest BCUT2D eigenvalue weighted by atomic mass is 9.55. The van der Waals surface area contributed by atoms with Gasteiger partial charge in [0, 0.05) is 19.7 Å². The number of fused-ring (bicyclic) bond motifs is 5. The van der Waals surface area contributed by atoms with Gasteiger partial charge >= 0.3 is 0 Å². The Morgan fingerprint density at radius 2 is 1.91 bits per heavy atom. The summed E-state index contributed by atoms with van der Waals surface area (Å²) in [5.74, 6) is 3.52. The van der Waals surface area contributed by atoms with Crippen molar-refractivity contribution in [3.8, 4) is 5.75 Å². The zero-order chi connectivity index (χ0) is 22.8. The van der Waals surface area contributed by atoms with E-state index in [-0.39, 0.29) is 0 Å². The normalized spacial score (nSPS) is 30.4. The molecule has 178 valence electrons. The Hall–Kier alpha value is -1.84. The van der Waals surface area contributed by atoms with Gasteiger partial charge < -0.3 is 14.8 Å². The number of hydrogen-bond acceptors (Lipinski definition) is 3. The van der Waals surface area contributed by atoms with Gasteiger partial charge in [-0.1, -0.05) is 50.2 Å². The molecule has 0 saturated heterocycles. The van der Waals surface area contributed by atoms with Crippen molar-refractivity contribution in [1.82, 2.24) is 5.32 Å². The standard InChI is InChI=1S/C30H41NO2/c1-4-22-18-26-23(19-28(22)33-20-21-8-6-5-7-9-21)10-11-25-24(26)14-15-30(2)27(25)12-13-29(30)31-16-17-32-3/h5-9,18-19,24-25,27,29,31H,4,10-17,20H2,1-3H3/t24?,25?,27?,29-,30-/m0/s1. The quantitative estimate of drug-likeness (QED) is 0.483. The van der Waals surface area contributed by atoms with Gasteiger partial charge in [0.15, 0.2) is 0 Å². The van der Waals surface area contributed by atoms with E-state index in [1.165, 1.54) is 49.7 Å². The van der Waals surface area contributed by atoms with Crippen LogP contribution in [0.4, 0.5) is 0 Å². The van der Waals surface area contributed by atoms with E-state index in [1.807, 2.05) is 0 Å². The van der Waals surface area contributed by atoms with Gasteiger partial charge in [0.2, 0.25) is 0 Å². The summed E-state index contributed by atoms with van der Waals surface area (Å²) >= 11 is 0. The first-order valence-electron chi connectivity index (χ1n) is 13.2. The van der Waals surface area contributed by atoms with E-state index in [2.05, 4.69) is 61.6 Å². The minimum absolute atomic E-state index is 0.443. The molecule has 0 heterocycles. The highest BCUT2D eigenvalue weighted by Gasteiger charge is 2.54. The molecule has 3 unspecified atom stereocenters. The number of hydrogen-bond donors (Lipinski definition) is 1. The van der Waals surface area contributed by atoms with Crippen LogP contribution in [0.2, 0.25) is 0 Å². The summed E-state index contributed by atoms with van der Waals surface area (Å²) in [6, 6.07) is 16.1. The SMILES string of the molecule is CCc1cc2c(cc1OCc1ccccc1)CCC1C2CC[C@@]2(C)C1CC[C@@H]2NCCOC. The van der Waals surface area contributed by atoms with Gasteiger partial charge in [-0.2, -0.15) is 0 Å². The molecule has 2 fully saturated rings. The Morgan fingerprint density at radius 1 is 1.06 bits per heavy atom. The van der Waals surface area contributed by atoms with E-state index in [9.17, 15) is 0 Å². The van der Waals surface area contributed by atoms with Crippen LogP contribution in [-0.2, 0) is 24.2 Å². The van der Waals surface area contributed by atoms with E-state index >= 15 is 0 Å². The molecule has 3 heteroatoms. The number of methoxy groups -OCH3 is 1. The summed E-state index contributed by atoms with van der Waals surface area (Å²) in [4.78, 5) is 0. The third-order valence-electron chi connectivity index (χ3n) is 9.22. The van der Waals surface area contributed by atoms with E-state index in [0.717, 1.165) is 43.1 Å². The molecule has 5 rings (SSSR count). The predicted octanol–water partition coefficient (Wildman–Crippen LogP) is 6.29. The van der Waals surface area contributed by atoms with Crippen molar-refractivity contribution in [3.63, 3.8) is 0 Å². The lowest BCUT2D eigenvalue weighted by Gasteiger charge is -2.51. The fraction of sp³-hybridized carbons (Fsp3) is 0.600. The van der Waals surface area contributed by atoms with Crippen molar-refractivity contribution < 1.29 is 9.47 Å². The highest BCUT2D eigenvalue weighted by molar-refractivity contribution is 5.46. The summed E-state index contributed by atoms with van der Waals surface area (Å²) < 4.78 is 11.6. The van der Waals surface area contributed by atoms with Crippen LogP contribution in [-0.4, -0.2) is 26.3 Å². The second-order valence-electron chi connectivity index (χ2n) is 10.8. The van der Waals surface area contributed by atoms with Crippen molar-refractivity contribution >= 4 is 0 Å². The maximum Gasteiger partial charge on any atom is 0.123 e. The molecule has 3 aliphatic carbocycles. The van der Waals surface area contributed by atoms with Crippen LogP contribution in [0.5, 0.6) is 5.75 Å². The van der Waals surface area contributed by atoms with Crippen LogP contribution < -0.4 is 10.1 Å². The molecule has 2 aromatic rings. The average Bonchev–Trinajstić information content (AvgIpc) is 3.19. The molecule has 1 N–H and O–H groups in total. The Balaban J connectivity index is 1.34. The second-order valence-corrected chi connectivity index (χ2v) is 10.8. The molecule has 0 amide bonds. The monoisotopic (exact) mass is 447 g/mol. The summed E-state index contributed by atoms with van der Waals surface area (Å²) in [5.41, 5.74) is 6.25. The molecule has 3 nitrogen and oxygen atoms in total. The van der Waals surface area contributed by atoms with Crippen LogP contribution in [0.15, 0.2) is 42.5 Å². The molecule has 0 radical (unpaired) electrons. The molecular weight excluding hydrogens is 406 g/mol. The van der Waals surface area contributed by atoms with Crippen LogP contribution >= 0.6 is 0 Å². The summed E-state index contributed by atoms with van der Waals surface area (Å²) in [7, 11) is 1.80. The number of benzene rings is 2. The zero-order valence-electron chi connectivity index (χ0n) is 20.7. The van der Waals surface area contributed by atoms with Crippen molar-refractivity contribution in [2.75, 3.05) is 20.3 Å². The minimum atomic E-state index is 0.443. The van der Waals surface area contributed by atoms with E-state index in [4.69, 9.17) is 9.47 Å². The minimum Gasteiger partial charge on any atom is -0.489 e. The molecule has 0 bridgehead atoms. The number of rotatable bonds is 8. The Bertz CT molecular complexity index is 942. The van der Waals surface area contributed by atoms with E-state index in [1.54, 1.807) is 18.2 Å². The van der Waals surface area contributed by atoms with Gasteiger partial charge in [0.25, 0.3) is 0 Å². The molecule has 5 atom stereocenters. The lowest BCUT2D eigenvalue weighted by Crippen LogP contribution is -2.49. The van der Waals surface area contributed by atoms with Crippen LogP contribution in [0.3, 0.4) is 0 Å². The second kappa shape index (κ2) is 9.80. The van der Waals surface area contributed by atoms with Gasteiger partial charge in [0.1, 0.15) is 12.4 Å². The average molecular weight is 448 g/mol. The molecular formula is C30H41NO2. The molecule has 0 aromatic heterocycles. The van der Waals surface area contributed by atoms with Gasteiger partial charge in [-0.3, -0.25) is 0 Å². The van der Waals surface area contributed by atoms with Crippen LogP contribution in [0.1, 0.15) is 74.1 Å². The molecule has 0 spiro atoms. The molecule has 33 heavy (non-hydrogen) atoms. The highest BCUT2D eigenvalue weighted by atomic mass is 16.5. The number of nitrogens with one attached hydrogen (secondary N) is 1. The Labute approximate surface area is 200 Å². The molecule has 2 saturated carbocycles. The number of ether oxygens (including phenoxy) is 2. The highest BCUT2D eigenvalue weighted by Crippen LogP contribution is 2.61. The van der Waals surface area contributed by atoms with Crippen LogP contribution in [0, 0.1) is 17.3 Å². The lowest BCUT2D eigenvalue weighted by molar-refractivity contribution is 0.0395. The van der Waals surface area contributed by atoms with Gasteiger partial charge in [-0.15, -0.1) is 0 Å². The topological polar surface area (TPSA) is 30.5 Å². The van der Waals surface area contributed by atoms with E-state index < -0.39 is 0 Å². The fourth-order valence-corrected chi connectivity index (χ4v) is 7.46. The fourth-order valence-electron chi connectivity index (χ4n) is 7.46. The van der Waals surface area contributed by atoms with Crippen molar-refractivity contribution in [3.05, 3.63) is 64.7 Å².